The molecular formula is C14H14ClNO2S. The molecule has 1 aromatic carbocycles. The van der Waals surface area contributed by atoms with Gasteiger partial charge < -0.3 is 10.0 Å². The van der Waals surface area contributed by atoms with Gasteiger partial charge in [0.05, 0.1) is 16.4 Å². The van der Waals surface area contributed by atoms with Crippen LogP contribution in [0.1, 0.15) is 20.8 Å². The number of nitrogens with zero attached hydrogens (tertiary/aromatic N) is 1. The molecule has 1 heterocycles. The minimum absolute atomic E-state index is 0.00617. The molecule has 0 aliphatic heterocycles. The standard InChI is InChI=1S/C14H14ClNO2S/c1-9-3-5-12(17)11(7-9)14(18)16(2)8-10-4-6-13(15)19-10/h3-7,17H,8H2,1-2H3. The zero-order chi connectivity index (χ0) is 14.0. The quantitative estimate of drug-likeness (QED) is 0.938. The van der Waals surface area contributed by atoms with E-state index in [0.29, 0.717) is 16.4 Å². The topological polar surface area (TPSA) is 40.5 Å². The first kappa shape index (κ1) is 13.9. The van der Waals surface area contributed by atoms with Crippen LogP contribution in [0.25, 0.3) is 0 Å². The Balaban J connectivity index is 2.16. The molecule has 3 nitrogen and oxygen atoms in total. The average molecular weight is 296 g/mol. The molecule has 0 radical (unpaired) electrons. The fraction of sp³-hybridized carbons (Fsp3) is 0.214. The van der Waals surface area contributed by atoms with Gasteiger partial charge in [-0.25, -0.2) is 0 Å². The lowest BCUT2D eigenvalue weighted by Crippen LogP contribution is -2.25. The van der Waals surface area contributed by atoms with Crippen molar-refractivity contribution in [2.24, 2.45) is 0 Å². The van der Waals surface area contributed by atoms with Crippen LogP contribution in [0.4, 0.5) is 0 Å². The number of aromatic hydroxyl groups is 1. The van der Waals surface area contributed by atoms with Crippen molar-refractivity contribution in [2.75, 3.05) is 7.05 Å². The molecule has 0 spiro atoms. The Morgan fingerprint density at radius 1 is 1.37 bits per heavy atom. The first-order valence-corrected chi connectivity index (χ1v) is 6.96. The number of benzene rings is 1. The highest BCUT2D eigenvalue weighted by atomic mass is 35.5. The second-order valence-electron chi connectivity index (χ2n) is 4.39. The van der Waals surface area contributed by atoms with Crippen molar-refractivity contribution in [2.45, 2.75) is 13.5 Å². The summed E-state index contributed by atoms with van der Waals surface area (Å²) in [4.78, 5) is 14.8. The highest BCUT2D eigenvalue weighted by Gasteiger charge is 2.16. The summed E-state index contributed by atoms with van der Waals surface area (Å²) in [6.45, 7) is 2.36. The number of hydrogen-bond donors (Lipinski definition) is 1. The number of aryl methyl sites for hydroxylation is 1. The second kappa shape index (κ2) is 5.63. The minimum atomic E-state index is -0.203. The summed E-state index contributed by atoms with van der Waals surface area (Å²) in [5.74, 6) is -0.197. The maximum atomic E-state index is 12.3. The highest BCUT2D eigenvalue weighted by molar-refractivity contribution is 7.16. The van der Waals surface area contributed by atoms with Gasteiger partial charge in [0.2, 0.25) is 0 Å². The molecule has 1 N–H and O–H groups in total. The number of hydrogen-bond acceptors (Lipinski definition) is 3. The van der Waals surface area contributed by atoms with Crippen LogP contribution < -0.4 is 0 Å². The van der Waals surface area contributed by atoms with E-state index < -0.39 is 0 Å². The number of carbonyl (C=O) groups is 1. The lowest BCUT2D eigenvalue weighted by molar-refractivity contribution is 0.0783. The summed E-state index contributed by atoms with van der Waals surface area (Å²) in [6.07, 6.45) is 0. The first-order valence-electron chi connectivity index (χ1n) is 5.76. The van der Waals surface area contributed by atoms with Crippen LogP contribution in [0.3, 0.4) is 0 Å². The zero-order valence-corrected chi connectivity index (χ0v) is 12.3. The van der Waals surface area contributed by atoms with Gasteiger partial charge in [0.1, 0.15) is 5.75 Å². The Kier molecular flexibility index (Phi) is 4.12. The fourth-order valence-corrected chi connectivity index (χ4v) is 2.91. The third-order valence-corrected chi connectivity index (χ3v) is 3.97. The molecule has 19 heavy (non-hydrogen) atoms. The van der Waals surface area contributed by atoms with Crippen LogP contribution in [-0.4, -0.2) is 23.0 Å². The van der Waals surface area contributed by atoms with Crippen molar-refractivity contribution in [3.63, 3.8) is 0 Å². The number of amides is 1. The van der Waals surface area contributed by atoms with Crippen LogP contribution in [-0.2, 0) is 6.54 Å². The van der Waals surface area contributed by atoms with Crippen molar-refractivity contribution in [3.8, 4) is 5.75 Å². The average Bonchev–Trinajstić information content (AvgIpc) is 2.77. The molecule has 5 heteroatoms. The van der Waals surface area contributed by atoms with E-state index in [1.807, 2.05) is 19.1 Å². The van der Waals surface area contributed by atoms with Gasteiger partial charge in [0, 0.05) is 11.9 Å². The molecule has 0 aliphatic carbocycles. The van der Waals surface area contributed by atoms with Crippen molar-refractivity contribution >= 4 is 28.8 Å². The third kappa shape index (κ3) is 3.28. The van der Waals surface area contributed by atoms with Crippen molar-refractivity contribution in [3.05, 3.63) is 50.7 Å². The van der Waals surface area contributed by atoms with Crippen LogP contribution >= 0.6 is 22.9 Å². The van der Waals surface area contributed by atoms with Crippen molar-refractivity contribution in [1.29, 1.82) is 0 Å². The Hall–Kier alpha value is -1.52. The van der Waals surface area contributed by atoms with Crippen LogP contribution in [0.15, 0.2) is 30.3 Å². The number of thiophene rings is 1. The molecule has 1 aromatic heterocycles. The highest BCUT2D eigenvalue weighted by Crippen LogP contribution is 2.24. The van der Waals surface area contributed by atoms with Gasteiger partial charge in [0.15, 0.2) is 0 Å². The van der Waals surface area contributed by atoms with Crippen molar-refractivity contribution < 1.29 is 9.90 Å². The van der Waals surface area contributed by atoms with Crippen LogP contribution in [0, 0.1) is 6.92 Å². The predicted octanol–water partition coefficient (Wildman–Crippen LogP) is 3.69. The number of phenolic OH excluding ortho intramolecular Hbond substituents is 1. The molecule has 1 amide bonds. The monoisotopic (exact) mass is 295 g/mol. The lowest BCUT2D eigenvalue weighted by atomic mass is 10.1. The second-order valence-corrected chi connectivity index (χ2v) is 6.19. The van der Waals surface area contributed by atoms with Gasteiger partial charge in [0.25, 0.3) is 5.91 Å². The molecular weight excluding hydrogens is 282 g/mol. The molecule has 0 unspecified atom stereocenters. The molecule has 0 fully saturated rings. The van der Waals surface area contributed by atoms with E-state index >= 15 is 0 Å². The van der Waals surface area contributed by atoms with Crippen LogP contribution in [0.2, 0.25) is 4.34 Å². The SMILES string of the molecule is Cc1ccc(O)c(C(=O)N(C)Cc2ccc(Cl)s2)c1. The molecule has 0 saturated heterocycles. The third-order valence-electron chi connectivity index (χ3n) is 2.75. The van der Waals surface area contributed by atoms with E-state index in [-0.39, 0.29) is 11.7 Å². The van der Waals surface area contributed by atoms with Gasteiger partial charge in [-0.15, -0.1) is 11.3 Å². The van der Waals surface area contributed by atoms with E-state index in [1.54, 1.807) is 30.1 Å². The number of halogens is 1. The molecule has 100 valence electrons. The number of carbonyl (C=O) groups excluding carboxylic acids is 1. The summed E-state index contributed by atoms with van der Waals surface area (Å²) >= 11 is 7.31. The Morgan fingerprint density at radius 3 is 2.74 bits per heavy atom. The Labute approximate surface area is 121 Å². The Bertz CT molecular complexity index is 609. The number of phenols is 1. The largest absolute Gasteiger partial charge is 0.507 e. The fourth-order valence-electron chi connectivity index (χ4n) is 1.77. The molecule has 0 bridgehead atoms. The van der Waals surface area contributed by atoms with E-state index in [4.69, 9.17) is 11.6 Å². The summed E-state index contributed by atoms with van der Waals surface area (Å²) in [7, 11) is 1.71. The minimum Gasteiger partial charge on any atom is -0.507 e. The summed E-state index contributed by atoms with van der Waals surface area (Å²) in [5, 5.41) is 9.76. The van der Waals surface area contributed by atoms with Gasteiger partial charge in [-0.1, -0.05) is 23.2 Å². The van der Waals surface area contributed by atoms with Crippen molar-refractivity contribution in [1.82, 2.24) is 4.90 Å². The maximum Gasteiger partial charge on any atom is 0.257 e. The molecule has 0 saturated carbocycles. The molecule has 0 aliphatic rings. The van der Waals surface area contributed by atoms with E-state index in [9.17, 15) is 9.90 Å². The molecule has 2 rings (SSSR count). The maximum absolute atomic E-state index is 12.3. The Morgan fingerprint density at radius 2 is 2.11 bits per heavy atom. The predicted molar refractivity (Wildman–Crippen MR) is 78.0 cm³/mol. The van der Waals surface area contributed by atoms with E-state index in [2.05, 4.69) is 0 Å². The smallest absolute Gasteiger partial charge is 0.257 e. The van der Waals surface area contributed by atoms with Gasteiger partial charge in [-0.2, -0.15) is 0 Å². The van der Waals surface area contributed by atoms with E-state index in [1.165, 1.54) is 11.3 Å². The summed E-state index contributed by atoms with van der Waals surface area (Å²) < 4.78 is 0.703. The summed E-state index contributed by atoms with van der Waals surface area (Å²) in [6, 6.07) is 8.70. The number of rotatable bonds is 3. The van der Waals surface area contributed by atoms with Crippen LogP contribution in [0.5, 0.6) is 5.75 Å². The van der Waals surface area contributed by atoms with E-state index in [0.717, 1.165) is 10.4 Å². The molecule has 0 atom stereocenters. The first-order chi connectivity index (χ1) is 8.97. The lowest BCUT2D eigenvalue weighted by Gasteiger charge is -2.17. The van der Waals surface area contributed by atoms with Gasteiger partial charge in [-0.3, -0.25) is 4.79 Å². The summed E-state index contributed by atoms with van der Waals surface area (Å²) in [5.41, 5.74) is 1.26. The molecule has 2 aromatic rings. The normalized spacial score (nSPS) is 10.5. The zero-order valence-electron chi connectivity index (χ0n) is 10.7. The van der Waals surface area contributed by atoms with Gasteiger partial charge >= 0.3 is 0 Å². The van der Waals surface area contributed by atoms with Gasteiger partial charge in [-0.05, 0) is 31.2 Å².